The molecule has 0 aliphatic carbocycles. The van der Waals surface area contributed by atoms with Gasteiger partial charge in [-0.3, -0.25) is 14.4 Å². The second kappa shape index (κ2) is 5.65. The van der Waals surface area contributed by atoms with Crippen LogP contribution in [0, 0.1) is 5.92 Å². The molecule has 0 saturated carbocycles. The summed E-state index contributed by atoms with van der Waals surface area (Å²) in [6, 6.07) is -0.0637. The molecule has 1 aliphatic rings. The zero-order chi connectivity index (χ0) is 13.0. The van der Waals surface area contributed by atoms with E-state index in [9.17, 15) is 14.4 Å². The van der Waals surface area contributed by atoms with Crippen LogP contribution >= 0.6 is 0 Å². The minimum atomic E-state index is -1.11. The van der Waals surface area contributed by atoms with Gasteiger partial charge in [0.15, 0.2) is 0 Å². The molecule has 0 radical (unpaired) electrons. The minimum Gasteiger partial charge on any atom is -0.481 e. The maximum absolute atomic E-state index is 11.8. The van der Waals surface area contributed by atoms with Gasteiger partial charge in [0.25, 0.3) is 0 Å². The third-order valence-corrected chi connectivity index (χ3v) is 2.88. The summed E-state index contributed by atoms with van der Waals surface area (Å²) in [4.78, 5) is 35.0. The van der Waals surface area contributed by atoms with Crippen LogP contribution in [-0.4, -0.2) is 46.9 Å². The monoisotopic (exact) mass is 242 g/mol. The molecule has 6 nitrogen and oxygen atoms in total. The molecular formula is C11H18N2O4. The maximum Gasteiger partial charge on any atom is 0.315 e. The van der Waals surface area contributed by atoms with E-state index in [0.29, 0.717) is 13.1 Å². The van der Waals surface area contributed by atoms with E-state index >= 15 is 0 Å². The van der Waals surface area contributed by atoms with Crippen LogP contribution in [0.1, 0.15) is 26.7 Å². The van der Waals surface area contributed by atoms with Crippen LogP contribution in [-0.2, 0) is 14.4 Å². The van der Waals surface area contributed by atoms with E-state index < -0.39 is 11.9 Å². The third-order valence-electron chi connectivity index (χ3n) is 2.88. The molecule has 1 rings (SSSR count). The van der Waals surface area contributed by atoms with E-state index in [2.05, 4.69) is 5.32 Å². The molecule has 0 bridgehead atoms. The summed E-state index contributed by atoms with van der Waals surface area (Å²) < 4.78 is 0. The molecule has 96 valence electrons. The number of piperidine rings is 1. The zero-order valence-corrected chi connectivity index (χ0v) is 10.1. The fourth-order valence-corrected chi connectivity index (χ4v) is 1.96. The molecule has 1 aliphatic heterocycles. The van der Waals surface area contributed by atoms with E-state index in [4.69, 9.17) is 5.11 Å². The Morgan fingerprint density at radius 1 is 1.41 bits per heavy atom. The molecule has 2 N–H and O–H groups in total. The number of aliphatic carboxylic acids is 1. The second-order valence-corrected chi connectivity index (χ2v) is 4.38. The Hall–Kier alpha value is -1.59. The number of carboxylic acids is 1. The lowest BCUT2D eigenvalue weighted by Crippen LogP contribution is -2.51. The van der Waals surface area contributed by atoms with Gasteiger partial charge in [-0.15, -0.1) is 0 Å². The number of carbonyl (C=O) groups is 3. The minimum absolute atomic E-state index is 0.0637. The lowest BCUT2D eigenvalue weighted by molar-refractivity contribution is -0.151. The van der Waals surface area contributed by atoms with E-state index in [1.807, 2.05) is 0 Å². The molecule has 2 unspecified atom stereocenters. The summed E-state index contributed by atoms with van der Waals surface area (Å²) in [6.07, 6.45) is 1.60. The lowest BCUT2D eigenvalue weighted by atomic mass is 10.0. The normalized spacial score (nSPS) is 21.8. The van der Waals surface area contributed by atoms with Crippen LogP contribution in [0.25, 0.3) is 0 Å². The molecule has 2 atom stereocenters. The van der Waals surface area contributed by atoms with Gasteiger partial charge in [-0.1, -0.05) is 0 Å². The quantitative estimate of drug-likeness (QED) is 0.673. The van der Waals surface area contributed by atoms with E-state index in [-0.39, 0.29) is 17.9 Å². The fraction of sp³-hybridized carbons (Fsp3) is 0.727. The van der Waals surface area contributed by atoms with Gasteiger partial charge in [-0.2, -0.15) is 0 Å². The average Bonchev–Trinajstić information content (AvgIpc) is 2.26. The van der Waals surface area contributed by atoms with Gasteiger partial charge in [0.1, 0.15) is 5.92 Å². The van der Waals surface area contributed by atoms with Crippen molar-refractivity contribution in [1.82, 2.24) is 10.2 Å². The number of amides is 2. The molecule has 1 fully saturated rings. The van der Waals surface area contributed by atoms with Gasteiger partial charge < -0.3 is 15.3 Å². The summed E-state index contributed by atoms with van der Waals surface area (Å²) in [5.41, 5.74) is 0. The van der Waals surface area contributed by atoms with Crippen LogP contribution < -0.4 is 5.32 Å². The number of carboxylic acid groups (broad SMARTS) is 1. The van der Waals surface area contributed by atoms with Crippen LogP contribution in [0.15, 0.2) is 0 Å². The summed E-state index contributed by atoms with van der Waals surface area (Å²) in [5.74, 6) is -2.65. The van der Waals surface area contributed by atoms with Crippen molar-refractivity contribution in [2.75, 3.05) is 13.1 Å². The molecule has 6 heteroatoms. The largest absolute Gasteiger partial charge is 0.481 e. The van der Waals surface area contributed by atoms with Crippen molar-refractivity contribution in [1.29, 1.82) is 0 Å². The molecule has 0 aromatic heterocycles. The van der Waals surface area contributed by atoms with Crippen molar-refractivity contribution in [2.24, 2.45) is 5.92 Å². The maximum atomic E-state index is 11.8. The second-order valence-electron chi connectivity index (χ2n) is 4.38. The smallest absolute Gasteiger partial charge is 0.315 e. The standard InChI is InChI=1S/C11H18N2O4/c1-7(11(16)17)10(15)13-5-3-4-9(6-13)12-8(2)14/h7,9H,3-6H2,1-2H3,(H,12,14)(H,16,17). The Morgan fingerprint density at radius 3 is 2.59 bits per heavy atom. The van der Waals surface area contributed by atoms with Crippen LogP contribution in [0.4, 0.5) is 0 Å². The average molecular weight is 242 g/mol. The van der Waals surface area contributed by atoms with Crippen molar-refractivity contribution in [2.45, 2.75) is 32.7 Å². The first-order valence-corrected chi connectivity index (χ1v) is 5.70. The van der Waals surface area contributed by atoms with Crippen molar-refractivity contribution >= 4 is 17.8 Å². The number of rotatable bonds is 3. The van der Waals surface area contributed by atoms with Gasteiger partial charge in [0.2, 0.25) is 11.8 Å². The molecule has 0 aromatic carbocycles. The number of nitrogens with one attached hydrogen (secondary N) is 1. The number of carbonyl (C=O) groups excluding carboxylic acids is 2. The SMILES string of the molecule is CC(=O)NC1CCCN(C(=O)C(C)C(=O)O)C1. The molecule has 0 aromatic rings. The Balaban J connectivity index is 2.57. The zero-order valence-electron chi connectivity index (χ0n) is 10.1. The molecular weight excluding hydrogens is 224 g/mol. The Bertz CT molecular complexity index is 329. The highest BCUT2D eigenvalue weighted by molar-refractivity contribution is 5.96. The third kappa shape index (κ3) is 3.72. The predicted molar refractivity (Wildman–Crippen MR) is 60.2 cm³/mol. The molecule has 17 heavy (non-hydrogen) atoms. The highest BCUT2D eigenvalue weighted by atomic mass is 16.4. The topological polar surface area (TPSA) is 86.7 Å². The summed E-state index contributed by atoms with van der Waals surface area (Å²) in [5, 5.41) is 11.5. The Labute approximate surface area is 100.0 Å². The first kappa shape index (κ1) is 13.5. The first-order chi connectivity index (χ1) is 7.91. The fourth-order valence-electron chi connectivity index (χ4n) is 1.96. The Kier molecular flexibility index (Phi) is 4.48. The highest BCUT2D eigenvalue weighted by Crippen LogP contribution is 2.13. The van der Waals surface area contributed by atoms with Gasteiger partial charge in [-0.25, -0.2) is 0 Å². The van der Waals surface area contributed by atoms with Gasteiger partial charge in [0.05, 0.1) is 0 Å². The number of likely N-dealkylation sites (tertiary alicyclic amines) is 1. The van der Waals surface area contributed by atoms with E-state index in [0.717, 1.165) is 12.8 Å². The molecule has 2 amide bonds. The van der Waals surface area contributed by atoms with Crippen LogP contribution in [0.5, 0.6) is 0 Å². The number of nitrogens with zero attached hydrogens (tertiary/aromatic N) is 1. The highest BCUT2D eigenvalue weighted by Gasteiger charge is 2.30. The van der Waals surface area contributed by atoms with Gasteiger partial charge in [-0.05, 0) is 19.8 Å². The van der Waals surface area contributed by atoms with Crippen molar-refractivity contribution in [3.63, 3.8) is 0 Å². The van der Waals surface area contributed by atoms with Crippen LogP contribution in [0.3, 0.4) is 0 Å². The lowest BCUT2D eigenvalue weighted by Gasteiger charge is -2.33. The molecule has 1 saturated heterocycles. The predicted octanol–water partition coefficient (Wildman–Crippen LogP) is -0.166. The van der Waals surface area contributed by atoms with Gasteiger partial charge >= 0.3 is 5.97 Å². The first-order valence-electron chi connectivity index (χ1n) is 5.70. The molecule has 0 spiro atoms. The summed E-state index contributed by atoms with van der Waals surface area (Å²) in [7, 11) is 0. The van der Waals surface area contributed by atoms with Crippen molar-refractivity contribution in [3.8, 4) is 0 Å². The number of hydrogen-bond acceptors (Lipinski definition) is 3. The van der Waals surface area contributed by atoms with Crippen molar-refractivity contribution < 1.29 is 19.5 Å². The van der Waals surface area contributed by atoms with E-state index in [1.165, 1.54) is 18.7 Å². The molecule has 1 heterocycles. The number of hydrogen-bond donors (Lipinski definition) is 2. The van der Waals surface area contributed by atoms with Crippen molar-refractivity contribution in [3.05, 3.63) is 0 Å². The summed E-state index contributed by atoms with van der Waals surface area (Å²) in [6.45, 7) is 3.77. The Morgan fingerprint density at radius 2 is 2.06 bits per heavy atom. The summed E-state index contributed by atoms with van der Waals surface area (Å²) >= 11 is 0. The van der Waals surface area contributed by atoms with Crippen LogP contribution in [0.2, 0.25) is 0 Å². The van der Waals surface area contributed by atoms with E-state index in [1.54, 1.807) is 0 Å². The van der Waals surface area contributed by atoms with Gasteiger partial charge in [0, 0.05) is 26.1 Å².